The summed E-state index contributed by atoms with van der Waals surface area (Å²) in [5, 5.41) is 9.90. The van der Waals surface area contributed by atoms with Crippen LogP contribution in [0.15, 0.2) is 0 Å². The van der Waals surface area contributed by atoms with Crippen LogP contribution in [0.3, 0.4) is 0 Å². The second kappa shape index (κ2) is 3.35. The molecule has 2 nitrogen and oxygen atoms in total. The number of aliphatic hydroxyl groups is 1. The Kier molecular flexibility index (Phi) is 2.79. The highest BCUT2D eigenvalue weighted by molar-refractivity contribution is 5.00. The minimum Gasteiger partial charge on any atom is -0.392 e. The molecule has 0 saturated heterocycles. The summed E-state index contributed by atoms with van der Waals surface area (Å²) in [6.07, 6.45) is 1.98. The summed E-state index contributed by atoms with van der Waals surface area (Å²) in [7, 11) is 0. The van der Waals surface area contributed by atoms with Crippen LogP contribution < -0.4 is 5.73 Å². The van der Waals surface area contributed by atoms with Crippen LogP contribution in [-0.4, -0.2) is 17.8 Å². The van der Waals surface area contributed by atoms with Crippen LogP contribution in [0.4, 0.5) is 0 Å². The molecule has 3 unspecified atom stereocenters. The van der Waals surface area contributed by atoms with Crippen molar-refractivity contribution in [3.8, 4) is 0 Å². The van der Waals surface area contributed by atoms with Crippen molar-refractivity contribution in [2.24, 2.45) is 23.0 Å². The van der Waals surface area contributed by atoms with Crippen LogP contribution in [0.25, 0.3) is 0 Å². The molecule has 3 atom stereocenters. The first-order valence-corrected chi connectivity index (χ1v) is 4.91. The summed E-state index contributed by atoms with van der Waals surface area (Å²) in [4.78, 5) is 0. The molecule has 1 saturated carbocycles. The number of rotatable bonds is 4. The first-order valence-electron chi connectivity index (χ1n) is 4.91. The van der Waals surface area contributed by atoms with E-state index in [-0.39, 0.29) is 6.10 Å². The smallest absolute Gasteiger partial charge is 0.0613 e. The lowest BCUT2D eigenvalue weighted by Gasteiger charge is -2.21. The van der Waals surface area contributed by atoms with Gasteiger partial charge in [0.25, 0.3) is 0 Å². The lowest BCUT2D eigenvalue weighted by atomic mass is 9.92. The topological polar surface area (TPSA) is 46.2 Å². The van der Waals surface area contributed by atoms with Gasteiger partial charge in [0.1, 0.15) is 0 Å². The van der Waals surface area contributed by atoms with Crippen molar-refractivity contribution >= 4 is 0 Å². The molecule has 0 aliphatic heterocycles. The summed E-state index contributed by atoms with van der Waals surface area (Å²) in [6.45, 7) is 7.13. The molecule has 0 aromatic rings. The summed E-state index contributed by atoms with van der Waals surface area (Å²) in [5.41, 5.74) is 5.94. The van der Waals surface area contributed by atoms with Crippen molar-refractivity contribution < 1.29 is 5.11 Å². The Morgan fingerprint density at radius 1 is 1.58 bits per heavy atom. The van der Waals surface area contributed by atoms with E-state index >= 15 is 0 Å². The van der Waals surface area contributed by atoms with Gasteiger partial charge in [0.05, 0.1) is 6.10 Å². The maximum Gasteiger partial charge on any atom is 0.0613 e. The van der Waals surface area contributed by atoms with E-state index in [1.807, 2.05) is 0 Å². The van der Waals surface area contributed by atoms with E-state index in [1.165, 1.54) is 0 Å². The molecular formula is C10H21NO. The molecule has 0 aromatic heterocycles. The van der Waals surface area contributed by atoms with E-state index in [9.17, 15) is 5.11 Å². The molecule has 1 aliphatic carbocycles. The summed E-state index contributed by atoms with van der Waals surface area (Å²) >= 11 is 0. The molecule has 2 heteroatoms. The molecule has 0 heterocycles. The van der Waals surface area contributed by atoms with E-state index in [4.69, 9.17) is 5.73 Å². The lowest BCUT2D eigenvalue weighted by Crippen LogP contribution is -2.30. The average molecular weight is 171 g/mol. The standard InChI is InChI=1S/C10H21NO/c1-4-7(6-11)9(12)8-5-10(8,2)3/h7-9,12H,4-6,11H2,1-3H3. The molecule has 0 bridgehead atoms. The van der Waals surface area contributed by atoms with Crippen molar-refractivity contribution in [2.75, 3.05) is 6.54 Å². The summed E-state index contributed by atoms with van der Waals surface area (Å²) < 4.78 is 0. The van der Waals surface area contributed by atoms with Crippen LogP contribution in [0.5, 0.6) is 0 Å². The average Bonchev–Trinajstić information content (AvgIpc) is 2.62. The van der Waals surface area contributed by atoms with Crippen molar-refractivity contribution in [2.45, 2.75) is 39.7 Å². The third-order valence-electron chi connectivity index (χ3n) is 3.31. The fourth-order valence-corrected chi connectivity index (χ4v) is 1.97. The van der Waals surface area contributed by atoms with Gasteiger partial charge in [0.15, 0.2) is 0 Å². The van der Waals surface area contributed by atoms with Crippen molar-refractivity contribution in [3.63, 3.8) is 0 Å². The molecule has 0 amide bonds. The molecule has 1 aliphatic rings. The molecule has 12 heavy (non-hydrogen) atoms. The zero-order chi connectivity index (χ0) is 9.35. The molecule has 0 spiro atoms. The van der Waals surface area contributed by atoms with Crippen LogP contribution in [-0.2, 0) is 0 Å². The quantitative estimate of drug-likeness (QED) is 0.671. The van der Waals surface area contributed by atoms with Gasteiger partial charge in [0, 0.05) is 0 Å². The van der Waals surface area contributed by atoms with E-state index in [2.05, 4.69) is 20.8 Å². The number of nitrogens with two attached hydrogens (primary N) is 1. The maximum atomic E-state index is 9.90. The second-order valence-electron chi connectivity index (χ2n) is 4.69. The highest BCUT2D eigenvalue weighted by Crippen LogP contribution is 2.54. The lowest BCUT2D eigenvalue weighted by molar-refractivity contribution is 0.0764. The van der Waals surface area contributed by atoms with Gasteiger partial charge in [0.2, 0.25) is 0 Å². The second-order valence-corrected chi connectivity index (χ2v) is 4.69. The highest BCUT2D eigenvalue weighted by Gasteiger charge is 2.51. The molecule has 0 radical (unpaired) electrons. The van der Waals surface area contributed by atoms with Gasteiger partial charge in [-0.05, 0) is 36.6 Å². The van der Waals surface area contributed by atoms with Crippen LogP contribution in [0.2, 0.25) is 0 Å². The fraction of sp³-hybridized carbons (Fsp3) is 1.00. The van der Waals surface area contributed by atoms with Gasteiger partial charge >= 0.3 is 0 Å². The van der Waals surface area contributed by atoms with Crippen molar-refractivity contribution in [1.29, 1.82) is 0 Å². The predicted octanol–water partition coefficient (Wildman–Crippen LogP) is 1.38. The zero-order valence-corrected chi connectivity index (χ0v) is 8.38. The number of hydrogen-bond donors (Lipinski definition) is 2. The summed E-state index contributed by atoms with van der Waals surface area (Å²) in [6, 6.07) is 0. The van der Waals surface area contributed by atoms with E-state index < -0.39 is 0 Å². The van der Waals surface area contributed by atoms with E-state index in [0.29, 0.717) is 23.8 Å². The van der Waals surface area contributed by atoms with Gasteiger partial charge in [-0.25, -0.2) is 0 Å². The third kappa shape index (κ3) is 1.80. The first kappa shape index (κ1) is 10.0. The molecule has 3 N–H and O–H groups in total. The fourth-order valence-electron chi connectivity index (χ4n) is 1.97. The minimum absolute atomic E-state index is 0.171. The Bertz CT molecular complexity index is 150. The van der Waals surface area contributed by atoms with Gasteiger partial charge < -0.3 is 10.8 Å². The molecule has 72 valence electrons. The van der Waals surface area contributed by atoms with Crippen molar-refractivity contribution in [1.82, 2.24) is 0 Å². The van der Waals surface area contributed by atoms with Crippen LogP contribution in [0, 0.1) is 17.3 Å². The van der Waals surface area contributed by atoms with Gasteiger partial charge in [-0.2, -0.15) is 0 Å². The highest BCUT2D eigenvalue weighted by atomic mass is 16.3. The first-order chi connectivity index (χ1) is 5.53. The van der Waals surface area contributed by atoms with Crippen molar-refractivity contribution in [3.05, 3.63) is 0 Å². The third-order valence-corrected chi connectivity index (χ3v) is 3.31. The molecule has 1 fully saturated rings. The Hall–Kier alpha value is -0.0800. The maximum absolute atomic E-state index is 9.90. The van der Waals surface area contributed by atoms with E-state index in [0.717, 1.165) is 12.8 Å². The minimum atomic E-state index is -0.171. The Labute approximate surface area is 75.2 Å². The Morgan fingerprint density at radius 3 is 2.33 bits per heavy atom. The molecular weight excluding hydrogens is 150 g/mol. The number of aliphatic hydroxyl groups excluding tert-OH is 1. The Balaban J connectivity index is 2.43. The zero-order valence-electron chi connectivity index (χ0n) is 8.38. The largest absolute Gasteiger partial charge is 0.392 e. The SMILES string of the molecule is CCC(CN)C(O)C1CC1(C)C. The van der Waals surface area contributed by atoms with Crippen LogP contribution in [0.1, 0.15) is 33.6 Å². The number of hydrogen-bond acceptors (Lipinski definition) is 2. The molecule has 0 aromatic carbocycles. The predicted molar refractivity (Wildman–Crippen MR) is 50.7 cm³/mol. The molecule has 1 rings (SSSR count). The van der Waals surface area contributed by atoms with Crippen LogP contribution >= 0.6 is 0 Å². The van der Waals surface area contributed by atoms with Gasteiger partial charge in [-0.15, -0.1) is 0 Å². The van der Waals surface area contributed by atoms with Gasteiger partial charge in [-0.3, -0.25) is 0 Å². The monoisotopic (exact) mass is 171 g/mol. The Morgan fingerprint density at radius 2 is 2.08 bits per heavy atom. The normalized spacial score (nSPS) is 31.2. The summed E-state index contributed by atoms with van der Waals surface area (Å²) in [5.74, 6) is 0.794. The van der Waals surface area contributed by atoms with E-state index in [1.54, 1.807) is 0 Å². The van der Waals surface area contributed by atoms with Gasteiger partial charge in [-0.1, -0.05) is 20.8 Å².